The lowest BCUT2D eigenvalue weighted by atomic mass is 10.1. The molecule has 1 aromatic heterocycles. The number of nitrogens with two attached hydrogens (primary N) is 1. The molecule has 1 aliphatic heterocycles. The van der Waals surface area contributed by atoms with E-state index in [1.54, 1.807) is 6.26 Å². The fourth-order valence-corrected chi connectivity index (χ4v) is 2.97. The summed E-state index contributed by atoms with van der Waals surface area (Å²) in [7, 11) is 0. The zero-order valence-corrected chi connectivity index (χ0v) is 13.7. The predicted molar refractivity (Wildman–Crippen MR) is 94.7 cm³/mol. The van der Waals surface area contributed by atoms with Crippen molar-refractivity contribution in [3.8, 4) is 0 Å². The third-order valence-electron chi connectivity index (χ3n) is 4.35. The molecule has 0 saturated heterocycles. The van der Waals surface area contributed by atoms with Gasteiger partial charge >= 0.3 is 0 Å². The summed E-state index contributed by atoms with van der Waals surface area (Å²) < 4.78 is 5.51. The van der Waals surface area contributed by atoms with Crippen LogP contribution >= 0.6 is 0 Å². The summed E-state index contributed by atoms with van der Waals surface area (Å²) in [5.41, 5.74) is 11.6. The van der Waals surface area contributed by atoms with Gasteiger partial charge in [0.05, 0.1) is 11.5 Å². The van der Waals surface area contributed by atoms with Gasteiger partial charge in [-0.3, -0.25) is 0 Å². The van der Waals surface area contributed by atoms with Crippen LogP contribution in [0.25, 0.3) is 5.82 Å². The second-order valence-corrected chi connectivity index (χ2v) is 6.14. The zero-order chi connectivity index (χ0) is 16.7. The molecule has 1 unspecified atom stereocenters. The molecule has 120 valence electrons. The van der Waals surface area contributed by atoms with Crippen LogP contribution in [0.2, 0.25) is 0 Å². The van der Waals surface area contributed by atoms with Gasteiger partial charge in [-0.15, -0.1) is 0 Å². The lowest BCUT2D eigenvalue weighted by Crippen LogP contribution is -2.43. The summed E-state index contributed by atoms with van der Waals surface area (Å²) in [5.74, 6) is 0.656. The van der Waals surface area contributed by atoms with Crippen LogP contribution in [0.1, 0.15) is 22.9 Å². The molecule has 2 N–H and O–H groups in total. The first-order valence-electron chi connectivity index (χ1n) is 7.97. The van der Waals surface area contributed by atoms with Gasteiger partial charge in [0, 0.05) is 5.69 Å². The first-order valence-corrected chi connectivity index (χ1v) is 7.97. The number of rotatable bonds is 2. The SMILES string of the molecule is Cc1ccc(C2N=c3occc3=C(N)N2c2ccc(C)cc2)cc1. The predicted octanol–water partition coefficient (Wildman–Crippen LogP) is 2.76. The summed E-state index contributed by atoms with van der Waals surface area (Å²) in [6.07, 6.45) is 1.39. The standard InChI is InChI=1S/C20H19N3O/c1-13-3-7-15(8-4-13)19-22-20-17(11-12-24-20)18(21)23(19)16-9-5-14(2)6-10-16/h3-12,19H,21H2,1-2H3. The Labute approximate surface area is 140 Å². The molecule has 1 atom stereocenters. The fourth-order valence-electron chi connectivity index (χ4n) is 2.97. The summed E-state index contributed by atoms with van der Waals surface area (Å²) in [4.78, 5) is 6.85. The molecule has 1 aliphatic rings. The third kappa shape index (κ3) is 2.36. The number of benzene rings is 2. The van der Waals surface area contributed by atoms with E-state index in [1.165, 1.54) is 11.1 Å². The van der Waals surface area contributed by atoms with E-state index in [0.29, 0.717) is 11.4 Å². The van der Waals surface area contributed by atoms with Gasteiger partial charge in [0.1, 0.15) is 5.82 Å². The Morgan fingerprint density at radius 1 is 0.917 bits per heavy atom. The number of hydrogen-bond acceptors (Lipinski definition) is 4. The maximum atomic E-state index is 6.49. The number of hydrogen-bond donors (Lipinski definition) is 1. The quantitative estimate of drug-likeness (QED) is 0.791. The summed E-state index contributed by atoms with van der Waals surface area (Å²) >= 11 is 0. The van der Waals surface area contributed by atoms with Crippen molar-refractivity contribution >= 4 is 11.5 Å². The van der Waals surface area contributed by atoms with Crippen LogP contribution in [0, 0.1) is 13.8 Å². The molecule has 2 aromatic carbocycles. The molecular formula is C20H19N3O. The van der Waals surface area contributed by atoms with Gasteiger partial charge in [0.25, 0.3) is 0 Å². The highest BCUT2D eigenvalue weighted by Crippen LogP contribution is 2.31. The Morgan fingerprint density at radius 3 is 2.21 bits per heavy atom. The van der Waals surface area contributed by atoms with E-state index in [2.05, 4.69) is 67.3 Å². The maximum absolute atomic E-state index is 6.49. The highest BCUT2D eigenvalue weighted by atomic mass is 16.3. The topological polar surface area (TPSA) is 54.8 Å². The molecule has 0 radical (unpaired) electrons. The maximum Gasteiger partial charge on any atom is 0.227 e. The van der Waals surface area contributed by atoms with E-state index in [-0.39, 0.29) is 6.17 Å². The third-order valence-corrected chi connectivity index (χ3v) is 4.35. The molecule has 24 heavy (non-hydrogen) atoms. The van der Waals surface area contributed by atoms with Crippen molar-refractivity contribution < 1.29 is 4.42 Å². The van der Waals surface area contributed by atoms with Crippen molar-refractivity contribution in [3.05, 3.63) is 88.3 Å². The molecule has 0 spiro atoms. The molecule has 4 rings (SSSR count). The highest BCUT2D eigenvalue weighted by molar-refractivity contribution is 5.68. The molecule has 0 amide bonds. The van der Waals surface area contributed by atoms with Gasteiger partial charge in [0.15, 0.2) is 6.17 Å². The van der Waals surface area contributed by atoms with E-state index in [9.17, 15) is 0 Å². The molecular weight excluding hydrogens is 298 g/mol. The van der Waals surface area contributed by atoms with Gasteiger partial charge in [-0.1, -0.05) is 47.5 Å². The number of aryl methyl sites for hydroxylation is 2. The Hall–Kier alpha value is -3.01. The second-order valence-electron chi connectivity index (χ2n) is 6.14. The average Bonchev–Trinajstić information content (AvgIpc) is 3.06. The van der Waals surface area contributed by atoms with Crippen LogP contribution < -0.4 is 21.4 Å². The first kappa shape index (κ1) is 14.6. The minimum Gasteiger partial charge on any atom is -0.446 e. The smallest absolute Gasteiger partial charge is 0.227 e. The van der Waals surface area contributed by atoms with Gasteiger partial charge in [-0.25, -0.2) is 4.99 Å². The molecule has 0 aliphatic carbocycles. The summed E-state index contributed by atoms with van der Waals surface area (Å²) in [5, 5.41) is 0.832. The lowest BCUT2D eigenvalue weighted by molar-refractivity contribution is 0.483. The average molecular weight is 317 g/mol. The number of nitrogens with zero attached hydrogens (tertiary/aromatic N) is 2. The number of furan rings is 1. The van der Waals surface area contributed by atoms with Crippen molar-refractivity contribution in [1.82, 2.24) is 0 Å². The number of fused-ring (bicyclic) bond motifs is 1. The van der Waals surface area contributed by atoms with E-state index >= 15 is 0 Å². The minimum atomic E-state index is -0.244. The summed E-state index contributed by atoms with van der Waals surface area (Å²) in [6, 6.07) is 18.5. The van der Waals surface area contributed by atoms with Crippen molar-refractivity contribution in [2.45, 2.75) is 20.0 Å². The van der Waals surface area contributed by atoms with E-state index in [0.717, 1.165) is 16.5 Å². The Morgan fingerprint density at radius 2 is 1.54 bits per heavy atom. The molecule has 0 saturated carbocycles. The molecule has 3 aromatic rings. The van der Waals surface area contributed by atoms with Crippen molar-refractivity contribution in [3.63, 3.8) is 0 Å². The minimum absolute atomic E-state index is 0.244. The van der Waals surface area contributed by atoms with E-state index in [4.69, 9.17) is 15.1 Å². The highest BCUT2D eigenvalue weighted by Gasteiger charge is 2.26. The van der Waals surface area contributed by atoms with Crippen LogP contribution in [0.3, 0.4) is 0 Å². The Kier molecular flexibility index (Phi) is 3.38. The molecule has 2 heterocycles. The van der Waals surface area contributed by atoms with Crippen molar-refractivity contribution in [2.75, 3.05) is 4.90 Å². The molecule has 0 fully saturated rings. The fraction of sp³-hybridized carbons (Fsp3) is 0.150. The summed E-state index contributed by atoms with van der Waals surface area (Å²) in [6.45, 7) is 4.15. The van der Waals surface area contributed by atoms with E-state index < -0.39 is 0 Å². The normalized spacial score (nSPS) is 16.7. The van der Waals surface area contributed by atoms with Crippen LogP contribution in [0.4, 0.5) is 5.69 Å². The largest absolute Gasteiger partial charge is 0.446 e. The van der Waals surface area contributed by atoms with Gasteiger partial charge < -0.3 is 15.1 Å². The van der Waals surface area contributed by atoms with Gasteiger partial charge in [0.2, 0.25) is 5.55 Å². The molecule has 4 nitrogen and oxygen atoms in total. The molecule has 0 bridgehead atoms. The van der Waals surface area contributed by atoms with Gasteiger partial charge in [-0.2, -0.15) is 0 Å². The van der Waals surface area contributed by atoms with Gasteiger partial charge in [-0.05, 0) is 37.6 Å². The van der Waals surface area contributed by atoms with Crippen LogP contribution in [-0.2, 0) is 0 Å². The van der Waals surface area contributed by atoms with E-state index in [1.807, 2.05) is 6.07 Å². The lowest BCUT2D eigenvalue weighted by Gasteiger charge is -2.33. The van der Waals surface area contributed by atoms with Crippen LogP contribution in [-0.4, -0.2) is 0 Å². The van der Waals surface area contributed by atoms with Crippen molar-refractivity contribution in [2.24, 2.45) is 10.7 Å². The van der Waals surface area contributed by atoms with Crippen LogP contribution in [0.15, 0.2) is 70.3 Å². The first-order chi connectivity index (χ1) is 11.6. The number of anilines is 1. The van der Waals surface area contributed by atoms with Crippen molar-refractivity contribution in [1.29, 1.82) is 0 Å². The Balaban J connectivity index is 1.92. The second kappa shape index (κ2) is 5.57. The Bertz CT molecular complexity index is 985. The zero-order valence-electron chi connectivity index (χ0n) is 13.7. The monoisotopic (exact) mass is 317 g/mol. The van der Waals surface area contributed by atoms with Crippen LogP contribution in [0.5, 0.6) is 0 Å². The molecule has 4 heteroatoms.